The minimum Gasteiger partial charge on any atom is -0.466 e. The summed E-state index contributed by atoms with van der Waals surface area (Å²) in [5.41, 5.74) is 3.22. The molecule has 1 atom stereocenters. The van der Waals surface area contributed by atoms with Crippen molar-refractivity contribution in [3.63, 3.8) is 0 Å². The average Bonchev–Trinajstić information content (AvgIpc) is 3.12. The highest BCUT2D eigenvalue weighted by atomic mass is 16.5. The molecular formula is C20H22N4O. The van der Waals surface area contributed by atoms with E-state index in [9.17, 15) is 0 Å². The Morgan fingerprint density at radius 3 is 2.64 bits per heavy atom. The normalized spacial score (nSPS) is 24.4. The Labute approximate surface area is 147 Å². The highest BCUT2D eigenvalue weighted by Gasteiger charge is 2.51. The van der Waals surface area contributed by atoms with Gasteiger partial charge < -0.3 is 9.64 Å². The molecule has 5 nitrogen and oxygen atoms in total. The first-order valence-corrected chi connectivity index (χ1v) is 8.99. The van der Waals surface area contributed by atoms with Gasteiger partial charge in [0, 0.05) is 55.9 Å². The van der Waals surface area contributed by atoms with Gasteiger partial charge in [0.25, 0.3) is 0 Å². The molecule has 5 rings (SSSR count). The number of para-hydroxylation sites is 1. The van der Waals surface area contributed by atoms with Crippen LogP contribution in [0.1, 0.15) is 36.4 Å². The van der Waals surface area contributed by atoms with E-state index < -0.39 is 0 Å². The highest BCUT2D eigenvalue weighted by molar-refractivity contribution is 6.01. The number of piperidine rings is 1. The van der Waals surface area contributed by atoms with E-state index in [2.05, 4.69) is 46.2 Å². The molecule has 3 aliphatic rings. The molecule has 0 bridgehead atoms. The van der Waals surface area contributed by atoms with E-state index >= 15 is 0 Å². The van der Waals surface area contributed by atoms with Gasteiger partial charge in [0.05, 0.1) is 11.8 Å². The van der Waals surface area contributed by atoms with Gasteiger partial charge in [-0.3, -0.25) is 4.98 Å². The van der Waals surface area contributed by atoms with Crippen LogP contribution < -0.4 is 4.74 Å². The van der Waals surface area contributed by atoms with Crippen LogP contribution in [0.3, 0.4) is 0 Å². The molecule has 1 aromatic carbocycles. The summed E-state index contributed by atoms with van der Waals surface area (Å²) in [4.78, 5) is 6.51. The summed E-state index contributed by atoms with van der Waals surface area (Å²) >= 11 is 0. The van der Waals surface area contributed by atoms with Gasteiger partial charge in [-0.1, -0.05) is 18.2 Å². The van der Waals surface area contributed by atoms with Crippen molar-refractivity contribution in [2.75, 3.05) is 20.1 Å². The van der Waals surface area contributed by atoms with Crippen molar-refractivity contribution in [1.82, 2.24) is 14.9 Å². The van der Waals surface area contributed by atoms with Crippen molar-refractivity contribution in [1.29, 1.82) is 0 Å². The second-order valence-electron chi connectivity index (χ2n) is 7.24. The third kappa shape index (κ3) is 2.34. The fourth-order valence-electron chi connectivity index (χ4n) is 4.25. The lowest BCUT2D eigenvalue weighted by molar-refractivity contribution is -0.147. The number of hydrazone groups is 1. The number of hydrogen-bond donors (Lipinski definition) is 0. The first-order chi connectivity index (χ1) is 12.3. The number of nitrogens with zero attached hydrogens (tertiary/aromatic N) is 4. The molecule has 0 unspecified atom stereocenters. The predicted octanol–water partition coefficient (Wildman–Crippen LogP) is 3.05. The standard InChI is InChI=1S/C20H22N4O/c1-23-12-8-20(9-13-23)24-18(16-4-2-3-5-19(16)25-20)14-17(22-24)15-6-10-21-11-7-15/h2-7,10-11,18H,8-9,12-14H2,1H3/t18-/m1/s1. The third-order valence-electron chi connectivity index (χ3n) is 5.69. The van der Waals surface area contributed by atoms with Crippen molar-refractivity contribution in [3.05, 3.63) is 59.9 Å². The molecule has 1 spiro atoms. The van der Waals surface area contributed by atoms with E-state index in [-0.39, 0.29) is 11.8 Å². The van der Waals surface area contributed by atoms with Crippen LogP contribution in [0.4, 0.5) is 0 Å². The summed E-state index contributed by atoms with van der Waals surface area (Å²) in [6, 6.07) is 12.8. The molecule has 25 heavy (non-hydrogen) atoms. The second-order valence-corrected chi connectivity index (χ2v) is 7.24. The largest absolute Gasteiger partial charge is 0.466 e. The zero-order valence-electron chi connectivity index (χ0n) is 14.4. The number of hydrogen-bond acceptors (Lipinski definition) is 5. The maximum atomic E-state index is 6.59. The molecule has 1 saturated heterocycles. The Balaban J connectivity index is 1.59. The second kappa shape index (κ2) is 5.56. The number of ether oxygens (including phenoxy) is 1. The monoisotopic (exact) mass is 334 g/mol. The SMILES string of the molecule is CN1CCC2(CC1)Oc1ccccc1[C@H]1CC(c3ccncc3)=NN12. The van der Waals surface area contributed by atoms with Gasteiger partial charge in [0.15, 0.2) is 0 Å². The molecule has 0 N–H and O–H groups in total. The van der Waals surface area contributed by atoms with Crippen molar-refractivity contribution < 1.29 is 4.74 Å². The Morgan fingerprint density at radius 1 is 1.08 bits per heavy atom. The van der Waals surface area contributed by atoms with Crippen LogP contribution in [0.5, 0.6) is 5.75 Å². The van der Waals surface area contributed by atoms with E-state index in [1.165, 1.54) is 5.56 Å². The minimum atomic E-state index is -0.319. The van der Waals surface area contributed by atoms with Crippen molar-refractivity contribution >= 4 is 5.71 Å². The van der Waals surface area contributed by atoms with E-state index in [4.69, 9.17) is 9.84 Å². The average molecular weight is 334 g/mol. The lowest BCUT2D eigenvalue weighted by Crippen LogP contribution is -2.58. The van der Waals surface area contributed by atoms with Gasteiger partial charge in [-0.2, -0.15) is 5.10 Å². The minimum absolute atomic E-state index is 0.261. The van der Waals surface area contributed by atoms with Crippen LogP contribution in [0.2, 0.25) is 0 Å². The summed E-state index contributed by atoms with van der Waals surface area (Å²) in [6.07, 6.45) is 6.54. The van der Waals surface area contributed by atoms with Crippen LogP contribution in [0.15, 0.2) is 53.9 Å². The van der Waals surface area contributed by atoms with Crippen LogP contribution in [0, 0.1) is 0 Å². The predicted molar refractivity (Wildman–Crippen MR) is 96.5 cm³/mol. The van der Waals surface area contributed by atoms with Gasteiger partial charge in [0.2, 0.25) is 5.72 Å². The van der Waals surface area contributed by atoms with Crippen LogP contribution in [-0.2, 0) is 0 Å². The summed E-state index contributed by atoms with van der Waals surface area (Å²) in [7, 11) is 2.18. The van der Waals surface area contributed by atoms with Crippen molar-refractivity contribution in [2.24, 2.45) is 5.10 Å². The fraction of sp³-hybridized carbons (Fsp3) is 0.400. The van der Waals surface area contributed by atoms with E-state index in [1.807, 2.05) is 24.5 Å². The van der Waals surface area contributed by atoms with Gasteiger partial charge in [-0.15, -0.1) is 0 Å². The van der Waals surface area contributed by atoms with E-state index in [0.29, 0.717) is 0 Å². The van der Waals surface area contributed by atoms with Crippen molar-refractivity contribution in [3.8, 4) is 5.75 Å². The molecule has 4 heterocycles. The molecule has 1 aromatic heterocycles. The zero-order chi connectivity index (χ0) is 16.9. The highest BCUT2D eigenvalue weighted by Crippen LogP contribution is 2.49. The number of rotatable bonds is 1. The van der Waals surface area contributed by atoms with Crippen molar-refractivity contribution in [2.45, 2.75) is 31.0 Å². The molecule has 1 fully saturated rings. The molecule has 2 aromatic rings. The summed E-state index contributed by atoms with van der Waals surface area (Å²) in [5, 5.41) is 7.32. The smallest absolute Gasteiger partial charge is 0.200 e. The maximum Gasteiger partial charge on any atom is 0.200 e. The molecule has 0 aliphatic carbocycles. The fourth-order valence-corrected chi connectivity index (χ4v) is 4.25. The molecule has 0 saturated carbocycles. The van der Waals surface area contributed by atoms with Crippen LogP contribution >= 0.6 is 0 Å². The lowest BCUT2D eigenvalue weighted by atomic mass is 9.91. The van der Waals surface area contributed by atoms with Gasteiger partial charge in [0.1, 0.15) is 5.75 Å². The maximum absolute atomic E-state index is 6.59. The first-order valence-electron chi connectivity index (χ1n) is 8.99. The summed E-state index contributed by atoms with van der Waals surface area (Å²) in [6.45, 7) is 2.07. The summed E-state index contributed by atoms with van der Waals surface area (Å²) < 4.78 is 6.59. The molecule has 128 valence electrons. The molecule has 3 aliphatic heterocycles. The van der Waals surface area contributed by atoms with Gasteiger partial charge >= 0.3 is 0 Å². The van der Waals surface area contributed by atoms with Crippen LogP contribution in [0.25, 0.3) is 0 Å². The van der Waals surface area contributed by atoms with Gasteiger partial charge in [-0.25, -0.2) is 5.01 Å². The molecule has 5 heteroatoms. The van der Waals surface area contributed by atoms with Crippen LogP contribution in [-0.4, -0.2) is 46.5 Å². The Hall–Kier alpha value is -2.40. The number of benzene rings is 1. The molecular weight excluding hydrogens is 312 g/mol. The molecule has 0 radical (unpaired) electrons. The lowest BCUT2D eigenvalue weighted by Gasteiger charge is -2.50. The zero-order valence-corrected chi connectivity index (χ0v) is 14.4. The topological polar surface area (TPSA) is 41.0 Å². The quantitative estimate of drug-likeness (QED) is 0.804. The Bertz CT molecular complexity index is 811. The molecule has 0 amide bonds. The number of pyridine rings is 1. The number of likely N-dealkylation sites (tertiary alicyclic amines) is 1. The first kappa shape index (κ1) is 14.9. The summed E-state index contributed by atoms with van der Waals surface area (Å²) in [5.74, 6) is 1.03. The number of aromatic nitrogens is 1. The Kier molecular flexibility index (Phi) is 3.31. The van der Waals surface area contributed by atoms with Gasteiger partial charge in [-0.05, 0) is 25.2 Å². The third-order valence-corrected chi connectivity index (χ3v) is 5.69. The number of fused-ring (bicyclic) bond motifs is 4. The van der Waals surface area contributed by atoms with E-state index in [0.717, 1.165) is 49.4 Å². The van der Waals surface area contributed by atoms with E-state index in [1.54, 1.807) is 0 Å². The Morgan fingerprint density at radius 2 is 1.84 bits per heavy atom.